The second kappa shape index (κ2) is 4.27. The molecule has 0 bridgehead atoms. The minimum Gasteiger partial charge on any atom is -0.369 e. The van der Waals surface area contributed by atoms with Crippen molar-refractivity contribution in [3.05, 3.63) is 28.8 Å². The fourth-order valence-electron chi connectivity index (χ4n) is 2.40. The molecular weight excluding hydrogens is 220 g/mol. The van der Waals surface area contributed by atoms with Gasteiger partial charge in [0.15, 0.2) is 0 Å². The Morgan fingerprint density at radius 2 is 2.19 bits per heavy atom. The lowest BCUT2D eigenvalue weighted by atomic mass is 9.92. The summed E-state index contributed by atoms with van der Waals surface area (Å²) in [5.74, 6) is 0. The molecule has 1 aromatic carbocycles. The van der Waals surface area contributed by atoms with Gasteiger partial charge in [0.2, 0.25) is 0 Å². The van der Waals surface area contributed by atoms with Crippen LogP contribution in [0.4, 0.5) is 5.69 Å². The van der Waals surface area contributed by atoms with Crippen molar-refractivity contribution in [2.24, 2.45) is 5.73 Å². The highest BCUT2D eigenvalue weighted by Gasteiger charge is 2.27. The van der Waals surface area contributed by atoms with Crippen LogP contribution in [0.5, 0.6) is 0 Å². The zero-order valence-corrected chi connectivity index (χ0v) is 10.7. The first kappa shape index (κ1) is 11.7. The van der Waals surface area contributed by atoms with Crippen molar-refractivity contribution in [1.82, 2.24) is 0 Å². The van der Waals surface area contributed by atoms with Gasteiger partial charge in [0.05, 0.1) is 0 Å². The number of nitrogens with zero attached hydrogens (tertiary/aromatic N) is 1. The number of benzene rings is 1. The number of halogens is 1. The predicted molar refractivity (Wildman–Crippen MR) is 70.2 cm³/mol. The van der Waals surface area contributed by atoms with Gasteiger partial charge >= 0.3 is 0 Å². The van der Waals surface area contributed by atoms with E-state index in [0.717, 1.165) is 31.0 Å². The normalized spacial score (nSPS) is 25.9. The van der Waals surface area contributed by atoms with E-state index < -0.39 is 0 Å². The zero-order chi connectivity index (χ0) is 11.8. The number of nitrogens with two attached hydrogens (primary N) is 1. The Hall–Kier alpha value is -0.730. The second-order valence-corrected chi connectivity index (χ2v) is 5.55. The van der Waals surface area contributed by atoms with Crippen molar-refractivity contribution in [3.63, 3.8) is 0 Å². The highest BCUT2D eigenvalue weighted by Crippen LogP contribution is 2.29. The molecule has 0 aromatic heterocycles. The predicted octanol–water partition coefficient (Wildman–Crippen LogP) is 2.97. The first-order chi connectivity index (χ1) is 7.48. The second-order valence-electron chi connectivity index (χ2n) is 5.11. The van der Waals surface area contributed by atoms with Crippen molar-refractivity contribution in [3.8, 4) is 0 Å². The summed E-state index contributed by atoms with van der Waals surface area (Å²) >= 11 is 6.05. The van der Waals surface area contributed by atoms with Crippen LogP contribution in [0, 0.1) is 6.92 Å². The van der Waals surface area contributed by atoms with Gasteiger partial charge in [-0.1, -0.05) is 17.7 Å². The molecule has 1 aliphatic heterocycles. The molecule has 0 spiro atoms. The Balaban J connectivity index is 2.26. The summed E-state index contributed by atoms with van der Waals surface area (Å²) in [6, 6.07) is 6.05. The van der Waals surface area contributed by atoms with Gasteiger partial charge < -0.3 is 10.6 Å². The summed E-state index contributed by atoms with van der Waals surface area (Å²) in [6.45, 7) is 6.23. The van der Waals surface area contributed by atoms with E-state index in [4.69, 9.17) is 17.3 Å². The SMILES string of the molecule is Cc1ccc(Cl)cc1N1CCCC(C)(N)C1. The Morgan fingerprint density at radius 3 is 2.88 bits per heavy atom. The summed E-state index contributed by atoms with van der Waals surface area (Å²) in [6.07, 6.45) is 2.25. The number of piperidine rings is 1. The van der Waals surface area contributed by atoms with Crippen LogP contribution in [0.1, 0.15) is 25.3 Å². The molecule has 2 nitrogen and oxygen atoms in total. The van der Waals surface area contributed by atoms with Crippen molar-refractivity contribution in [2.45, 2.75) is 32.2 Å². The van der Waals surface area contributed by atoms with Crippen LogP contribution in [-0.4, -0.2) is 18.6 Å². The summed E-state index contributed by atoms with van der Waals surface area (Å²) < 4.78 is 0. The molecule has 1 aromatic rings. The van der Waals surface area contributed by atoms with Crippen LogP contribution < -0.4 is 10.6 Å². The monoisotopic (exact) mass is 238 g/mol. The maximum absolute atomic E-state index is 6.22. The molecule has 88 valence electrons. The fraction of sp³-hybridized carbons (Fsp3) is 0.538. The summed E-state index contributed by atoms with van der Waals surface area (Å²) in [5.41, 5.74) is 8.63. The first-order valence-electron chi connectivity index (χ1n) is 5.78. The molecule has 1 saturated heterocycles. The summed E-state index contributed by atoms with van der Waals surface area (Å²) in [7, 11) is 0. The lowest BCUT2D eigenvalue weighted by Crippen LogP contribution is -2.52. The topological polar surface area (TPSA) is 29.3 Å². The molecular formula is C13H19ClN2. The Morgan fingerprint density at radius 1 is 1.44 bits per heavy atom. The van der Waals surface area contributed by atoms with E-state index in [1.54, 1.807) is 0 Å². The van der Waals surface area contributed by atoms with Gasteiger partial charge in [0.1, 0.15) is 0 Å². The van der Waals surface area contributed by atoms with Gasteiger partial charge in [-0.25, -0.2) is 0 Å². The molecule has 1 unspecified atom stereocenters. The van der Waals surface area contributed by atoms with Gasteiger partial charge in [-0.05, 0) is 44.4 Å². The van der Waals surface area contributed by atoms with E-state index in [-0.39, 0.29) is 5.54 Å². The van der Waals surface area contributed by atoms with Crippen molar-refractivity contribution < 1.29 is 0 Å². The van der Waals surface area contributed by atoms with Gasteiger partial charge in [0, 0.05) is 29.3 Å². The van der Waals surface area contributed by atoms with Crippen LogP contribution in [0.2, 0.25) is 5.02 Å². The van der Waals surface area contributed by atoms with Crippen LogP contribution in [0.3, 0.4) is 0 Å². The largest absolute Gasteiger partial charge is 0.369 e. The standard InChI is InChI=1S/C13H19ClN2/c1-10-4-5-11(14)8-12(10)16-7-3-6-13(2,15)9-16/h4-5,8H,3,6-7,9,15H2,1-2H3. The van der Waals surface area contributed by atoms with Crippen molar-refractivity contribution >= 4 is 17.3 Å². The van der Waals surface area contributed by atoms with E-state index in [1.807, 2.05) is 12.1 Å². The fourth-order valence-corrected chi connectivity index (χ4v) is 2.56. The third-order valence-electron chi connectivity index (χ3n) is 3.24. The molecule has 2 rings (SSSR count). The van der Waals surface area contributed by atoms with Gasteiger partial charge in [-0.15, -0.1) is 0 Å². The van der Waals surface area contributed by atoms with E-state index >= 15 is 0 Å². The average molecular weight is 239 g/mol. The number of hydrogen-bond donors (Lipinski definition) is 1. The Kier molecular flexibility index (Phi) is 3.13. The van der Waals surface area contributed by atoms with Crippen molar-refractivity contribution in [2.75, 3.05) is 18.0 Å². The third kappa shape index (κ3) is 2.50. The van der Waals surface area contributed by atoms with Gasteiger partial charge in [-0.2, -0.15) is 0 Å². The molecule has 1 aliphatic rings. The van der Waals surface area contributed by atoms with E-state index in [1.165, 1.54) is 11.3 Å². The molecule has 2 N–H and O–H groups in total. The maximum atomic E-state index is 6.22. The summed E-state index contributed by atoms with van der Waals surface area (Å²) in [4.78, 5) is 2.35. The Labute approximate surface area is 102 Å². The molecule has 1 heterocycles. The summed E-state index contributed by atoms with van der Waals surface area (Å²) in [5, 5.41) is 0.796. The minimum absolute atomic E-state index is 0.0764. The first-order valence-corrected chi connectivity index (χ1v) is 6.16. The number of aryl methyl sites for hydroxylation is 1. The molecule has 0 amide bonds. The zero-order valence-electron chi connectivity index (χ0n) is 9.96. The molecule has 3 heteroatoms. The maximum Gasteiger partial charge on any atom is 0.0426 e. The Bertz CT molecular complexity index is 388. The van der Waals surface area contributed by atoms with Crippen LogP contribution >= 0.6 is 11.6 Å². The van der Waals surface area contributed by atoms with E-state index in [0.29, 0.717) is 0 Å². The lowest BCUT2D eigenvalue weighted by Gasteiger charge is -2.39. The van der Waals surface area contributed by atoms with Crippen LogP contribution in [-0.2, 0) is 0 Å². The molecule has 1 atom stereocenters. The quantitative estimate of drug-likeness (QED) is 0.815. The highest BCUT2D eigenvalue weighted by molar-refractivity contribution is 6.30. The highest BCUT2D eigenvalue weighted by atomic mass is 35.5. The third-order valence-corrected chi connectivity index (χ3v) is 3.47. The van der Waals surface area contributed by atoms with E-state index in [2.05, 4.69) is 24.8 Å². The van der Waals surface area contributed by atoms with Crippen LogP contribution in [0.15, 0.2) is 18.2 Å². The van der Waals surface area contributed by atoms with Crippen molar-refractivity contribution in [1.29, 1.82) is 0 Å². The number of hydrogen-bond acceptors (Lipinski definition) is 2. The van der Waals surface area contributed by atoms with E-state index in [9.17, 15) is 0 Å². The molecule has 0 saturated carbocycles. The molecule has 0 radical (unpaired) electrons. The van der Waals surface area contributed by atoms with Gasteiger partial charge in [-0.3, -0.25) is 0 Å². The van der Waals surface area contributed by atoms with Crippen LogP contribution in [0.25, 0.3) is 0 Å². The molecule has 1 fully saturated rings. The molecule has 16 heavy (non-hydrogen) atoms. The number of anilines is 1. The van der Waals surface area contributed by atoms with Gasteiger partial charge in [0.25, 0.3) is 0 Å². The number of rotatable bonds is 1. The smallest absolute Gasteiger partial charge is 0.0426 e. The minimum atomic E-state index is -0.0764. The molecule has 0 aliphatic carbocycles. The average Bonchev–Trinajstić information content (AvgIpc) is 2.20. The lowest BCUT2D eigenvalue weighted by molar-refractivity contribution is 0.374.